The summed E-state index contributed by atoms with van der Waals surface area (Å²) in [6, 6.07) is 6.98. The van der Waals surface area contributed by atoms with Gasteiger partial charge in [0, 0.05) is 17.7 Å². The molecule has 0 fully saturated rings. The van der Waals surface area contributed by atoms with Gasteiger partial charge in [-0.25, -0.2) is 4.68 Å². The molecule has 0 amide bonds. The van der Waals surface area contributed by atoms with E-state index in [1.807, 2.05) is 13.0 Å². The number of benzene rings is 1. The fourth-order valence-corrected chi connectivity index (χ4v) is 2.06. The van der Waals surface area contributed by atoms with Gasteiger partial charge >= 0.3 is 0 Å². The Balaban J connectivity index is 2.37. The molecule has 0 aliphatic heterocycles. The van der Waals surface area contributed by atoms with Gasteiger partial charge in [-0.2, -0.15) is 0 Å². The van der Waals surface area contributed by atoms with Gasteiger partial charge < -0.3 is 0 Å². The monoisotopic (exact) mass is 227 g/mol. The lowest BCUT2D eigenvalue weighted by Gasteiger charge is -2.13. The van der Waals surface area contributed by atoms with Gasteiger partial charge in [0.05, 0.1) is 0 Å². The second kappa shape index (κ2) is 3.35. The van der Waals surface area contributed by atoms with Crippen LogP contribution in [0.1, 0.15) is 27.8 Å². The number of aromatic nitrogens is 3. The summed E-state index contributed by atoms with van der Waals surface area (Å²) < 4.78 is 1.46. The van der Waals surface area contributed by atoms with Gasteiger partial charge in [-0.15, -0.1) is 5.10 Å². The maximum Gasteiger partial charge on any atom is 0.253 e. The van der Waals surface area contributed by atoms with E-state index in [0.29, 0.717) is 29.1 Å². The highest BCUT2D eigenvalue weighted by Gasteiger charge is 2.34. The first-order valence-electron chi connectivity index (χ1n) is 5.36. The molecular weight excluding hydrogens is 218 g/mol. The third kappa shape index (κ3) is 1.19. The lowest BCUT2D eigenvalue weighted by atomic mass is 9.90. The van der Waals surface area contributed by atoms with Crippen LogP contribution >= 0.6 is 0 Å². The zero-order valence-electron chi connectivity index (χ0n) is 9.17. The van der Waals surface area contributed by atoms with Crippen molar-refractivity contribution >= 4 is 11.6 Å². The molecule has 84 valence electrons. The Morgan fingerprint density at radius 1 is 1.12 bits per heavy atom. The molecule has 3 rings (SSSR count). The van der Waals surface area contributed by atoms with Crippen molar-refractivity contribution in [1.82, 2.24) is 15.0 Å². The van der Waals surface area contributed by atoms with Gasteiger partial charge in [0.15, 0.2) is 0 Å². The number of carbonyl (C=O) groups excluding carboxylic acids is 2. The standard InChI is InChI=1S/C12H9N3O2/c1-2-15-10-9(13-14-15)7-5-3-4-6-8(7)11(16)12(10)17/h3-6H,2H2,1H3. The second-order valence-electron chi connectivity index (χ2n) is 3.81. The van der Waals surface area contributed by atoms with Crippen LogP contribution in [0.25, 0.3) is 11.3 Å². The summed E-state index contributed by atoms with van der Waals surface area (Å²) in [5.41, 5.74) is 1.91. The van der Waals surface area contributed by atoms with Crippen molar-refractivity contribution in [1.29, 1.82) is 0 Å². The second-order valence-corrected chi connectivity index (χ2v) is 3.81. The van der Waals surface area contributed by atoms with Gasteiger partial charge in [-0.05, 0) is 6.92 Å². The van der Waals surface area contributed by atoms with E-state index < -0.39 is 11.6 Å². The van der Waals surface area contributed by atoms with Crippen molar-refractivity contribution in [3.8, 4) is 11.3 Å². The molecule has 17 heavy (non-hydrogen) atoms. The van der Waals surface area contributed by atoms with E-state index in [-0.39, 0.29) is 0 Å². The van der Waals surface area contributed by atoms with Crippen LogP contribution in [0.3, 0.4) is 0 Å². The van der Waals surface area contributed by atoms with E-state index in [4.69, 9.17) is 0 Å². The largest absolute Gasteiger partial charge is 0.285 e. The number of fused-ring (bicyclic) bond motifs is 3. The molecule has 2 aromatic rings. The molecule has 1 aliphatic rings. The zero-order valence-corrected chi connectivity index (χ0v) is 9.17. The molecule has 0 N–H and O–H groups in total. The number of carbonyl (C=O) groups is 2. The molecule has 0 spiro atoms. The number of Topliss-reactive ketones (excluding diaryl/α,β-unsaturated/α-hetero) is 2. The number of hydrogen-bond acceptors (Lipinski definition) is 4. The average molecular weight is 227 g/mol. The number of ketones is 2. The first kappa shape index (κ1) is 9.89. The Bertz CT molecular complexity index is 643. The minimum atomic E-state index is -0.523. The van der Waals surface area contributed by atoms with Crippen LogP contribution < -0.4 is 0 Å². The molecule has 1 aromatic heterocycles. The third-order valence-corrected chi connectivity index (χ3v) is 2.88. The summed E-state index contributed by atoms with van der Waals surface area (Å²) in [5, 5.41) is 7.89. The van der Waals surface area contributed by atoms with E-state index in [9.17, 15) is 9.59 Å². The van der Waals surface area contributed by atoms with Gasteiger partial charge in [0.1, 0.15) is 11.4 Å². The predicted octanol–water partition coefficient (Wildman–Crippen LogP) is 1.34. The van der Waals surface area contributed by atoms with Crippen molar-refractivity contribution in [2.75, 3.05) is 0 Å². The smallest absolute Gasteiger partial charge is 0.253 e. The van der Waals surface area contributed by atoms with E-state index >= 15 is 0 Å². The predicted molar refractivity (Wildman–Crippen MR) is 59.8 cm³/mol. The van der Waals surface area contributed by atoms with Crippen LogP contribution in [0.2, 0.25) is 0 Å². The summed E-state index contributed by atoms with van der Waals surface area (Å²) in [6.07, 6.45) is 0. The molecule has 0 unspecified atom stereocenters. The van der Waals surface area contributed by atoms with Crippen molar-refractivity contribution in [2.24, 2.45) is 0 Å². The van der Waals surface area contributed by atoms with Crippen LogP contribution in [0.4, 0.5) is 0 Å². The molecule has 5 nitrogen and oxygen atoms in total. The summed E-state index contributed by atoms with van der Waals surface area (Å²) >= 11 is 0. The fourth-order valence-electron chi connectivity index (χ4n) is 2.06. The molecule has 0 bridgehead atoms. The summed E-state index contributed by atoms with van der Waals surface area (Å²) in [6.45, 7) is 2.37. The van der Waals surface area contributed by atoms with Crippen molar-refractivity contribution < 1.29 is 9.59 Å². The first-order chi connectivity index (χ1) is 8.24. The highest BCUT2D eigenvalue weighted by Crippen LogP contribution is 2.31. The zero-order chi connectivity index (χ0) is 12.0. The number of aryl methyl sites for hydroxylation is 1. The van der Waals surface area contributed by atoms with Crippen LogP contribution in [-0.2, 0) is 6.54 Å². The highest BCUT2D eigenvalue weighted by atomic mass is 16.2. The third-order valence-electron chi connectivity index (χ3n) is 2.88. The Morgan fingerprint density at radius 2 is 1.82 bits per heavy atom. The first-order valence-corrected chi connectivity index (χ1v) is 5.36. The fraction of sp³-hybridized carbons (Fsp3) is 0.167. The lowest BCUT2D eigenvalue weighted by Crippen LogP contribution is -2.24. The Morgan fingerprint density at radius 3 is 2.53 bits per heavy atom. The average Bonchev–Trinajstić information content (AvgIpc) is 2.80. The minimum Gasteiger partial charge on any atom is -0.285 e. The molecule has 0 radical (unpaired) electrons. The topological polar surface area (TPSA) is 64.8 Å². The van der Waals surface area contributed by atoms with Gasteiger partial charge in [0.25, 0.3) is 5.78 Å². The van der Waals surface area contributed by atoms with E-state index in [1.54, 1.807) is 18.2 Å². The molecule has 0 atom stereocenters. The van der Waals surface area contributed by atoms with E-state index in [1.165, 1.54) is 4.68 Å². The van der Waals surface area contributed by atoms with Gasteiger partial charge in [0.2, 0.25) is 5.78 Å². The van der Waals surface area contributed by atoms with E-state index in [2.05, 4.69) is 10.3 Å². The molecule has 1 aliphatic carbocycles. The molecular formula is C12H9N3O2. The van der Waals surface area contributed by atoms with Crippen molar-refractivity contribution in [3.63, 3.8) is 0 Å². The number of hydrogen-bond donors (Lipinski definition) is 0. The SMILES string of the molecule is CCn1nnc2c1C(=O)C(=O)c1ccccc1-2. The molecule has 1 heterocycles. The Labute approximate surface area is 97.1 Å². The number of nitrogens with zero attached hydrogens (tertiary/aromatic N) is 3. The quantitative estimate of drug-likeness (QED) is 0.689. The Hall–Kier alpha value is -2.30. The molecule has 5 heteroatoms. The maximum absolute atomic E-state index is 12.0. The summed E-state index contributed by atoms with van der Waals surface area (Å²) in [5.74, 6) is -1.00. The van der Waals surface area contributed by atoms with Crippen molar-refractivity contribution in [3.05, 3.63) is 35.5 Å². The van der Waals surface area contributed by atoms with Crippen LogP contribution in [0, 0.1) is 0 Å². The van der Waals surface area contributed by atoms with Crippen LogP contribution in [-0.4, -0.2) is 26.6 Å². The summed E-state index contributed by atoms with van der Waals surface area (Å²) in [4.78, 5) is 23.9. The van der Waals surface area contributed by atoms with Gasteiger partial charge in [-0.1, -0.05) is 29.5 Å². The maximum atomic E-state index is 12.0. The molecule has 0 saturated carbocycles. The highest BCUT2D eigenvalue weighted by molar-refractivity contribution is 6.52. The van der Waals surface area contributed by atoms with Crippen molar-refractivity contribution in [2.45, 2.75) is 13.5 Å². The lowest BCUT2D eigenvalue weighted by molar-refractivity contribution is 0.0809. The Kier molecular flexibility index (Phi) is 1.95. The molecule has 1 aromatic carbocycles. The minimum absolute atomic E-state index is 0.302. The van der Waals surface area contributed by atoms with E-state index in [0.717, 1.165) is 0 Å². The summed E-state index contributed by atoms with van der Waals surface area (Å²) in [7, 11) is 0. The van der Waals surface area contributed by atoms with Crippen LogP contribution in [0.15, 0.2) is 24.3 Å². The molecule has 0 saturated heterocycles. The van der Waals surface area contributed by atoms with Crippen LogP contribution in [0.5, 0.6) is 0 Å². The van der Waals surface area contributed by atoms with Gasteiger partial charge in [-0.3, -0.25) is 9.59 Å². The number of rotatable bonds is 1. The normalized spacial score (nSPS) is 13.5.